The number of hydrogen-bond acceptors (Lipinski definition) is 8. The van der Waals surface area contributed by atoms with E-state index in [9.17, 15) is 22.9 Å². The number of methoxy groups -OCH3 is 1. The van der Waals surface area contributed by atoms with Crippen LogP contribution in [0.2, 0.25) is 0 Å². The Balaban J connectivity index is 1.34. The molecule has 1 unspecified atom stereocenters. The highest BCUT2D eigenvalue weighted by Crippen LogP contribution is 2.46. The first-order chi connectivity index (χ1) is 23.0. The third-order valence-corrected chi connectivity index (χ3v) is 11.6. The van der Waals surface area contributed by atoms with Gasteiger partial charge in [-0.25, -0.2) is 17.8 Å². The first-order valence-electron chi connectivity index (χ1n) is 16.4. The molecule has 0 N–H and O–H groups in total. The average molecular weight is 675 g/mol. The van der Waals surface area contributed by atoms with Gasteiger partial charge in [-0.05, 0) is 55.5 Å². The molecule has 4 aromatic rings. The predicted octanol–water partition coefficient (Wildman–Crippen LogP) is 4.56. The van der Waals surface area contributed by atoms with Gasteiger partial charge in [-0.2, -0.15) is 14.7 Å². The molecule has 0 radical (unpaired) electrons. The average Bonchev–Trinajstić information content (AvgIpc) is 3.56. The van der Waals surface area contributed by atoms with E-state index in [-0.39, 0.29) is 23.3 Å². The molecule has 252 valence electrons. The lowest BCUT2D eigenvalue weighted by Crippen LogP contribution is -2.50. The molecular formula is C34H39FN8O4S. The topological polar surface area (TPSA) is 129 Å². The van der Waals surface area contributed by atoms with Crippen LogP contribution in [0, 0.1) is 17.2 Å². The minimum absolute atomic E-state index is 0.00564. The number of amides is 1. The molecule has 5 heterocycles. The molecule has 1 amide bonds. The normalized spacial score (nSPS) is 19.1. The lowest BCUT2D eigenvalue weighted by atomic mass is 10.1. The smallest absolute Gasteiger partial charge is 0.246 e. The van der Waals surface area contributed by atoms with Crippen LogP contribution in [-0.4, -0.2) is 81.5 Å². The quantitative estimate of drug-likeness (QED) is 0.253. The Kier molecular flexibility index (Phi) is 8.15. The van der Waals surface area contributed by atoms with Gasteiger partial charge in [0.15, 0.2) is 5.65 Å². The number of rotatable bonds is 9. The van der Waals surface area contributed by atoms with Gasteiger partial charge in [0.1, 0.15) is 28.0 Å². The van der Waals surface area contributed by atoms with E-state index >= 15 is 0 Å². The number of aromatic nitrogens is 4. The zero-order chi connectivity index (χ0) is 33.8. The Bertz CT molecular complexity index is 2000. The summed E-state index contributed by atoms with van der Waals surface area (Å²) in [5.74, 6) is 0.602. The van der Waals surface area contributed by atoms with Crippen LogP contribution in [-0.2, 0) is 27.9 Å². The number of nitriles is 1. The van der Waals surface area contributed by atoms with Gasteiger partial charge in [0, 0.05) is 51.4 Å². The molecule has 2 fully saturated rings. The number of imidazole rings is 1. The lowest BCUT2D eigenvalue weighted by Gasteiger charge is -2.37. The Morgan fingerprint density at radius 3 is 2.50 bits per heavy atom. The van der Waals surface area contributed by atoms with Crippen molar-refractivity contribution >= 4 is 27.3 Å². The Hall–Kier alpha value is -4.48. The van der Waals surface area contributed by atoms with Crippen molar-refractivity contribution < 1.29 is 22.3 Å². The van der Waals surface area contributed by atoms with Crippen molar-refractivity contribution in [1.82, 2.24) is 28.4 Å². The molecule has 1 aromatic carbocycles. The first-order valence-corrected chi connectivity index (χ1v) is 17.8. The summed E-state index contributed by atoms with van der Waals surface area (Å²) < 4.78 is 54.3. The summed E-state index contributed by atoms with van der Waals surface area (Å²) in [6.07, 6.45) is 4.03. The van der Waals surface area contributed by atoms with E-state index < -0.39 is 21.7 Å². The van der Waals surface area contributed by atoms with Gasteiger partial charge < -0.3 is 14.5 Å². The minimum atomic E-state index is -4.24. The molecule has 0 bridgehead atoms. The van der Waals surface area contributed by atoms with Crippen molar-refractivity contribution in [1.29, 1.82) is 5.26 Å². The zero-order valence-corrected chi connectivity index (χ0v) is 28.2. The van der Waals surface area contributed by atoms with Crippen molar-refractivity contribution in [2.45, 2.75) is 69.2 Å². The van der Waals surface area contributed by atoms with Crippen LogP contribution >= 0.6 is 0 Å². The van der Waals surface area contributed by atoms with Crippen molar-refractivity contribution in [2.24, 2.45) is 5.92 Å². The molecule has 1 saturated carbocycles. The first kappa shape index (κ1) is 32.1. The third-order valence-electron chi connectivity index (χ3n) is 9.69. The third kappa shape index (κ3) is 5.58. The minimum Gasteiger partial charge on any atom is -0.497 e. The number of pyridine rings is 1. The number of aryl methyl sites for hydroxylation is 1. The van der Waals surface area contributed by atoms with Crippen LogP contribution in [0.15, 0.2) is 53.7 Å². The number of sulfonamides is 1. The number of halogens is 1. The van der Waals surface area contributed by atoms with Gasteiger partial charge in [0.05, 0.1) is 36.5 Å². The van der Waals surface area contributed by atoms with Crippen molar-refractivity contribution in [3.8, 4) is 23.2 Å². The van der Waals surface area contributed by atoms with E-state index in [4.69, 9.17) is 9.72 Å². The number of alkyl halides is 1. The van der Waals surface area contributed by atoms with E-state index in [0.29, 0.717) is 92.6 Å². The predicted molar refractivity (Wildman–Crippen MR) is 176 cm³/mol. The molecule has 48 heavy (non-hydrogen) atoms. The number of anilines is 1. The van der Waals surface area contributed by atoms with Gasteiger partial charge in [0.2, 0.25) is 15.9 Å². The lowest BCUT2D eigenvalue weighted by molar-refractivity contribution is -0.134. The maximum absolute atomic E-state index is 14.8. The van der Waals surface area contributed by atoms with Crippen molar-refractivity contribution in [2.75, 3.05) is 38.2 Å². The summed E-state index contributed by atoms with van der Waals surface area (Å²) in [7, 11) is -2.68. The fraction of sp³-hybridized carbons (Fsp3) is 0.471. The number of hydrogen-bond donors (Lipinski definition) is 0. The van der Waals surface area contributed by atoms with E-state index in [1.165, 1.54) is 10.5 Å². The Morgan fingerprint density at radius 1 is 1.15 bits per heavy atom. The number of fused-ring (bicyclic) bond motifs is 2. The van der Waals surface area contributed by atoms with Crippen LogP contribution in [0.5, 0.6) is 5.75 Å². The Morgan fingerprint density at radius 2 is 1.88 bits per heavy atom. The van der Waals surface area contributed by atoms with Gasteiger partial charge in [-0.3, -0.25) is 13.9 Å². The fourth-order valence-electron chi connectivity index (χ4n) is 6.72. The summed E-state index contributed by atoms with van der Waals surface area (Å²) in [4.78, 5) is 21.4. The van der Waals surface area contributed by atoms with Gasteiger partial charge >= 0.3 is 0 Å². The fourth-order valence-corrected chi connectivity index (χ4v) is 8.48. The number of carbonyl (C=O) groups is 1. The Labute approximate surface area is 279 Å². The summed E-state index contributed by atoms with van der Waals surface area (Å²) in [6, 6.07) is 12.8. The standard InChI is InChI=1S/C34H39FN8O4S/c1-23(2)33(44)40-15-13-39(14-16-40)30-17-26(21-41-31(19-37-32(30)41)28-18-29-27(35)5-4-12-42(29)38-28)48(45,46)43(34(22-36)10-11-34)20-24-6-8-25(47-3)9-7-24/h6-9,17-19,21,23,27H,4-5,10-16,20H2,1-3H3. The molecule has 12 nitrogen and oxygen atoms in total. The molecular weight excluding hydrogens is 635 g/mol. The van der Waals surface area contributed by atoms with Crippen LogP contribution in [0.3, 0.4) is 0 Å². The molecule has 3 aliphatic rings. The zero-order valence-electron chi connectivity index (χ0n) is 27.3. The number of nitrogens with zero attached hydrogens (tertiary/aromatic N) is 8. The van der Waals surface area contributed by atoms with Crippen LogP contribution in [0.1, 0.15) is 57.0 Å². The number of piperazine rings is 1. The van der Waals surface area contributed by atoms with E-state index in [1.54, 1.807) is 58.8 Å². The van der Waals surface area contributed by atoms with Crippen LogP contribution in [0.4, 0.5) is 10.1 Å². The summed E-state index contributed by atoms with van der Waals surface area (Å²) in [6.45, 7) is 6.31. The summed E-state index contributed by atoms with van der Waals surface area (Å²) in [5.41, 5.74) is 2.22. The van der Waals surface area contributed by atoms with Crippen LogP contribution in [0.25, 0.3) is 17.0 Å². The SMILES string of the molecule is COc1ccc(CN(C2(C#N)CC2)S(=O)(=O)c2cc(N3CCN(C(=O)C(C)C)CC3)c3ncc(-c4cc5n(n4)CCCC5F)n3c2)cc1. The van der Waals surface area contributed by atoms with E-state index in [1.807, 2.05) is 18.7 Å². The second kappa shape index (κ2) is 12.2. The molecule has 2 aliphatic heterocycles. The molecule has 0 spiro atoms. The highest BCUT2D eigenvalue weighted by Gasteiger charge is 2.54. The molecule has 1 saturated heterocycles. The number of ether oxygens (including phenoxy) is 1. The largest absolute Gasteiger partial charge is 0.497 e. The second-order valence-electron chi connectivity index (χ2n) is 13.2. The molecule has 1 atom stereocenters. The van der Waals surface area contributed by atoms with Crippen molar-refractivity contribution in [3.63, 3.8) is 0 Å². The maximum atomic E-state index is 14.8. The highest BCUT2D eigenvalue weighted by molar-refractivity contribution is 7.89. The maximum Gasteiger partial charge on any atom is 0.246 e. The molecule has 14 heteroatoms. The van der Waals surface area contributed by atoms with Gasteiger partial charge in [-0.1, -0.05) is 26.0 Å². The molecule has 7 rings (SSSR count). The summed E-state index contributed by atoms with van der Waals surface area (Å²) >= 11 is 0. The number of benzene rings is 1. The highest BCUT2D eigenvalue weighted by atomic mass is 32.2. The van der Waals surface area contributed by atoms with E-state index in [0.717, 1.165) is 5.56 Å². The monoisotopic (exact) mass is 674 g/mol. The van der Waals surface area contributed by atoms with E-state index in [2.05, 4.69) is 16.1 Å². The van der Waals surface area contributed by atoms with Crippen LogP contribution < -0.4 is 9.64 Å². The second-order valence-corrected chi connectivity index (χ2v) is 15.0. The van der Waals surface area contributed by atoms with Crippen molar-refractivity contribution in [3.05, 3.63) is 60.0 Å². The molecule has 1 aliphatic carbocycles. The summed E-state index contributed by atoms with van der Waals surface area (Å²) in [5, 5.41) is 14.9. The molecule has 3 aromatic heterocycles. The van der Waals surface area contributed by atoms with Gasteiger partial charge in [-0.15, -0.1) is 0 Å². The number of carbonyl (C=O) groups excluding carboxylic acids is 1. The van der Waals surface area contributed by atoms with Gasteiger partial charge in [0.25, 0.3) is 0 Å².